The Labute approximate surface area is 154 Å². The lowest BCUT2D eigenvalue weighted by molar-refractivity contribution is 0.0242. The highest BCUT2D eigenvalue weighted by Gasteiger charge is 2.36. The zero-order valence-corrected chi connectivity index (χ0v) is 16.1. The fourth-order valence-corrected chi connectivity index (χ4v) is 4.30. The van der Waals surface area contributed by atoms with E-state index in [0.717, 1.165) is 29.7 Å². The Hall–Kier alpha value is -1.90. The summed E-state index contributed by atoms with van der Waals surface area (Å²) in [5.74, 6) is 0.729. The molecular weight excluding hydrogens is 354 g/mol. The van der Waals surface area contributed by atoms with Crippen LogP contribution in [0.15, 0.2) is 35.7 Å². The number of imidazole rings is 1. The molecule has 3 rings (SSSR count). The van der Waals surface area contributed by atoms with E-state index < -0.39 is 15.6 Å². The van der Waals surface area contributed by atoms with Crippen LogP contribution in [-0.2, 0) is 22.0 Å². The van der Waals surface area contributed by atoms with E-state index in [4.69, 9.17) is 4.74 Å². The summed E-state index contributed by atoms with van der Waals surface area (Å²) < 4.78 is 34.6. The summed E-state index contributed by atoms with van der Waals surface area (Å²) in [5.41, 5.74) is 0.495. The Morgan fingerprint density at radius 2 is 2.19 bits per heavy atom. The van der Waals surface area contributed by atoms with Gasteiger partial charge in [-0.05, 0) is 56.4 Å². The van der Waals surface area contributed by atoms with Crippen LogP contribution in [0.1, 0.15) is 43.9 Å². The van der Waals surface area contributed by atoms with Gasteiger partial charge in [0.05, 0.1) is 13.4 Å². The maximum absolute atomic E-state index is 12.5. The minimum absolute atomic E-state index is 0.0411. The van der Waals surface area contributed by atoms with Crippen LogP contribution in [0.5, 0.6) is 5.75 Å². The van der Waals surface area contributed by atoms with Crippen molar-refractivity contribution in [3.05, 3.63) is 41.9 Å². The quantitative estimate of drug-likeness (QED) is 0.800. The van der Waals surface area contributed by atoms with Crippen molar-refractivity contribution in [1.29, 1.82) is 0 Å². The molecular formula is C18H25N3O4S. The molecule has 0 saturated carbocycles. The zero-order chi connectivity index (χ0) is 18.9. The average molecular weight is 379 g/mol. The summed E-state index contributed by atoms with van der Waals surface area (Å²) in [6, 6.07) is 5.62. The second-order valence-corrected chi connectivity index (χ2v) is 8.70. The van der Waals surface area contributed by atoms with Gasteiger partial charge < -0.3 is 14.4 Å². The molecule has 2 aromatic rings. The predicted octanol–water partition coefficient (Wildman–Crippen LogP) is 1.97. The molecule has 0 saturated heterocycles. The Morgan fingerprint density at radius 3 is 2.85 bits per heavy atom. The number of nitrogens with one attached hydrogen (secondary N) is 1. The third kappa shape index (κ3) is 3.62. The Morgan fingerprint density at radius 1 is 1.42 bits per heavy atom. The van der Waals surface area contributed by atoms with Crippen LogP contribution in [0, 0.1) is 0 Å². The molecule has 0 spiro atoms. The van der Waals surface area contributed by atoms with Crippen molar-refractivity contribution in [1.82, 2.24) is 14.3 Å². The second kappa shape index (κ2) is 7.02. The third-order valence-electron chi connectivity index (χ3n) is 4.85. The van der Waals surface area contributed by atoms with Gasteiger partial charge in [0.2, 0.25) is 0 Å². The second-order valence-electron chi connectivity index (χ2n) is 6.99. The molecule has 0 bridgehead atoms. The molecule has 1 atom stereocenters. The highest BCUT2D eigenvalue weighted by Crippen LogP contribution is 2.36. The number of hydrogen-bond donors (Lipinski definition) is 2. The van der Waals surface area contributed by atoms with Crippen molar-refractivity contribution in [2.75, 3.05) is 13.7 Å². The topological polar surface area (TPSA) is 93.5 Å². The molecule has 1 aliphatic rings. The number of rotatable bonds is 6. The number of ether oxygens (including phenoxy) is 1. The Bertz CT molecular complexity index is 892. The smallest absolute Gasteiger partial charge is 0.259 e. The van der Waals surface area contributed by atoms with Gasteiger partial charge in [-0.2, -0.15) is 0 Å². The van der Waals surface area contributed by atoms with E-state index in [2.05, 4.69) is 9.71 Å². The largest absolute Gasteiger partial charge is 0.497 e. The molecule has 0 radical (unpaired) electrons. The average Bonchev–Trinajstić information content (AvgIpc) is 3.11. The summed E-state index contributed by atoms with van der Waals surface area (Å²) in [6.45, 7) is 3.80. The van der Waals surface area contributed by atoms with Crippen molar-refractivity contribution in [3.8, 4) is 5.75 Å². The lowest BCUT2D eigenvalue weighted by atomic mass is 9.79. The van der Waals surface area contributed by atoms with Crippen molar-refractivity contribution >= 4 is 10.0 Å². The van der Waals surface area contributed by atoms with Crippen LogP contribution < -0.4 is 9.46 Å². The summed E-state index contributed by atoms with van der Waals surface area (Å²) in [6.07, 6.45) is 5.10. The first-order valence-corrected chi connectivity index (χ1v) is 10.2. The number of benzene rings is 1. The van der Waals surface area contributed by atoms with Gasteiger partial charge in [0.25, 0.3) is 10.0 Å². The minimum atomic E-state index is -3.79. The Kier molecular flexibility index (Phi) is 5.09. The van der Waals surface area contributed by atoms with Gasteiger partial charge >= 0.3 is 0 Å². The van der Waals surface area contributed by atoms with Crippen LogP contribution in [0.3, 0.4) is 0 Å². The maximum Gasteiger partial charge on any atom is 0.259 e. The maximum atomic E-state index is 12.5. The normalized spacial score (nSPS) is 20.2. The first kappa shape index (κ1) is 18.9. The van der Waals surface area contributed by atoms with Crippen LogP contribution in [0.25, 0.3) is 0 Å². The highest BCUT2D eigenvalue weighted by atomic mass is 32.2. The molecule has 142 valence electrons. The molecule has 0 amide bonds. The molecule has 1 aliphatic carbocycles. The summed E-state index contributed by atoms with van der Waals surface area (Å²) in [4.78, 5) is 3.98. The molecule has 26 heavy (non-hydrogen) atoms. The molecule has 1 aromatic heterocycles. The van der Waals surface area contributed by atoms with E-state index >= 15 is 0 Å². The van der Waals surface area contributed by atoms with Crippen LogP contribution in [-0.4, -0.2) is 36.7 Å². The summed E-state index contributed by atoms with van der Waals surface area (Å²) >= 11 is 0. The van der Waals surface area contributed by atoms with Gasteiger partial charge in [0, 0.05) is 18.8 Å². The van der Waals surface area contributed by atoms with E-state index in [1.807, 2.05) is 26.0 Å². The molecule has 0 unspecified atom stereocenters. The van der Waals surface area contributed by atoms with Gasteiger partial charge in [-0.15, -0.1) is 0 Å². The SMILES string of the molecule is COc1ccc2c(c1)CCC[C@@]2(O)CNS(=O)(=O)c1cn(C(C)C)cn1. The van der Waals surface area contributed by atoms with E-state index in [1.165, 1.54) is 12.5 Å². The minimum Gasteiger partial charge on any atom is -0.497 e. The van der Waals surface area contributed by atoms with Crippen LogP contribution in [0.4, 0.5) is 0 Å². The van der Waals surface area contributed by atoms with E-state index in [1.54, 1.807) is 17.7 Å². The number of fused-ring (bicyclic) bond motifs is 1. The first-order valence-electron chi connectivity index (χ1n) is 8.68. The number of aryl methyl sites for hydroxylation is 1. The number of aromatic nitrogens is 2. The van der Waals surface area contributed by atoms with E-state index in [-0.39, 0.29) is 17.6 Å². The number of nitrogens with zero attached hydrogens (tertiary/aromatic N) is 2. The standard InChI is InChI=1S/C18H25N3O4S/c1-13(2)21-10-17(19-12-21)26(23,24)20-11-18(22)8-4-5-14-9-15(25-3)6-7-16(14)18/h6-7,9-10,12-13,20,22H,4-5,8,11H2,1-3H3/t18-/m1/s1. The lowest BCUT2D eigenvalue weighted by Crippen LogP contribution is -2.43. The number of hydrogen-bond acceptors (Lipinski definition) is 5. The molecule has 8 heteroatoms. The molecule has 1 aromatic carbocycles. The van der Waals surface area contributed by atoms with Crippen molar-refractivity contribution in [2.24, 2.45) is 0 Å². The highest BCUT2D eigenvalue weighted by molar-refractivity contribution is 7.89. The molecule has 2 N–H and O–H groups in total. The van der Waals surface area contributed by atoms with Gasteiger partial charge in [-0.3, -0.25) is 0 Å². The summed E-state index contributed by atoms with van der Waals surface area (Å²) in [7, 11) is -2.19. The summed E-state index contributed by atoms with van der Waals surface area (Å²) in [5, 5.41) is 11.1. The van der Waals surface area contributed by atoms with Gasteiger partial charge in [-0.25, -0.2) is 18.1 Å². The fourth-order valence-electron chi connectivity index (χ4n) is 3.27. The lowest BCUT2D eigenvalue weighted by Gasteiger charge is -2.34. The van der Waals surface area contributed by atoms with Gasteiger partial charge in [-0.1, -0.05) is 6.07 Å². The van der Waals surface area contributed by atoms with E-state index in [0.29, 0.717) is 6.42 Å². The number of aliphatic hydroxyl groups is 1. The Balaban J connectivity index is 1.80. The van der Waals surface area contributed by atoms with Crippen molar-refractivity contribution in [2.45, 2.75) is 49.8 Å². The first-order chi connectivity index (χ1) is 12.2. The van der Waals surface area contributed by atoms with Crippen LogP contribution in [0.2, 0.25) is 0 Å². The fraction of sp³-hybridized carbons (Fsp3) is 0.500. The van der Waals surface area contributed by atoms with Crippen molar-refractivity contribution < 1.29 is 18.3 Å². The van der Waals surface area contributed by atoms with E-state index in [9.17, 15) is 13.5 Å². The predicted molar refractivity (Wildman–Crippen MR) is 97.6 cm³/mol. The van der Waals surface area contributed by atoms with Gasteiger partial charge in [0.15, 0.2) is 5.03 Å². The number of methoxy groups -OCH3 is 1. The van der Waals surface area contributed by atoms with Crippen molar-refractivity contribution in [3.63, 3.8) is 0 Å². The number of sulfonamides is 1. The zero-order valence-electron chi connectivity index (χ0n) is 15.3. The molecule has 1 heterocycles. The molecule has 7 nitrogen and oxygen atoms in total. The van der Waals surface area contributed by atoms with Gasteiger partial charge in [0.1, 0.15) is 11.4 Å². The van der Waals surface area contributed by atoms with Crippen LogP contribution >= 0.6 is 0 Å². The molecule has 0 aliphatic heterocycles. The molecule has 0 fully saturated rings. The third-order valence-corrected chi connectivity index (χ3v) is 6.14. The monoisotopic (exact) mass is 379 g/mol.